The Labute approximate surface area is 174 Å². The van der Waals surface area contributed by atoms with E-state index in [0.29, 0.717) is 12.2 Å². The van der Waals surface area contributed by atoms with E-state index in [0.717, 1.165) is 33.1 Å². The van der Waals surface area contributed by atoms with Crippen molar-refractivity contribution in [1.82, 2.24) is 9.97 Å². The van der Waals surface area contributed by atoms with Gasteiger partial charge in [0.2, 0.25) is 0 Å². The topological polar surface area (TPSA) is 73.4 Å². The highest BCUT2D eigenvalue weighted by atomic mass is 16.5. The zero-order chi connectivity index (χ0) is 21.1. The standard InChI is InChI=1S/C24H24N2O4/c1-4-29-24(27)23-17(14-28-3)21-19(12-25-23)26-18-6-5-7-20(22(18)21)30-13-16-10-8-15(2)9-11-16/h5-12,26H,4,13-14H2,1-3H3. The Morgan fingerprint density at radius 1 is 1.03 bits per heavy atom. The Kier molecular flexibility index (Phi) is 5.68. The molecular weight excluding hydrogens is 380 g/mol. The zero-order valence-electron chi connectivity index (χ0n) is 17.3. The lowest BCUT2D eigenvalue weighted by Gasteiger charge is -2.11. The van der Waals surface area contributed by atoms with Crippen molar-refractivity contribution in [3.05, 3.63) is 71.0 Å². The van der Waals surface area contributed by atoms with Crippen LogP contribution in [0.3, 0.4) is 0 Å². The summed E-state index contributed by atoms with van der Waals surface area (Å²) in [4.78, 5) is 20.2. The van der Waals surface area contributed by atoms with Gasteiger partial charge in [-0.2, -0.15) is 0 Å². The van der Waals surface area contributed by atoms with E-state index in [2.05, 4.69) is 41.2 Å². The molecular formula is C24H24N2O4. The molecule has 1 N–H and O–H groups in total. The molecule has 6 nitrogen and oxygen atoms in total. The largest absolute Gasteiger partial charge is 0.488 e. The number of hydrogen-bond acceptors (Lipinski definition) is 5. The minimum atomic E-state index is -0.459. The predicted octanol–water partition coefficient (Wildman–Crippen LogP) is 4.93. The summed E-state index contributed by atoms with van der Waals surface area (Å²) in [5, 5.41) is 1.77. The van der Waals surface area contributed by atoms with Crippen molar-refractivity contribution in [3.63, 3.8) is 0 Å². The number of ether oxygens (including phenoxy) is 3. The highest BCUT2D eigenvalue weighted by molar-refractivity contribution is 6.13. The van der Waals surface area contributed by atoms with E-state index in [4.69, 9.17) is 14.2 Å². The second-order valence-corrected chi connectivity index (χ2v) is 7.11. The van der Waals surface area contributed by atoms with Gasteiger partial charge in [0.1, 0.15) is 12.4 Å². The Hall–Kier alpha value is -3.38. The number of aromatic amines is 1. The van der Waals surface area contributed by atoms with Gasteiger partial charge in [0.15, 0.2) is 5.69 Å². The summed E-state index contributed by atoms with van der Waals surface area (Å²) in [7, 11) is 1.59. The molecule has 2 aromatic heterocycles. The first kappa shape index (κ1) is 19.9. The predicted molar refractivity (Wildman–Crippen MR) is 116 cm³/mol. The molecule has 0 aliphatic rings. The maximum Gasteiger partial charge on any atom is 0.357 e. The van der Waals surface area contributed by atoms with Gasteiger partial charge in [-0.15, -0.1) is 0 Å². The number of fused-ring (bicyclic) bond motifs is 3. The van der Waals surface area contributed by atoms with Crippen molar-refractivity contribution in [2.45, 2.75) is 27.1 Å². The number of benzene rings is 2. The monoisotopic (exact) mass is 404 g/mol. The van der Waals surface area contributed by atoms with E-state index in [-0.39, 0.29) is 18.9 Å². The van der Waals surface area contributed by atoms with E-state index >= 15 is 0 Å². The molecule has 0 aliphatic heterocycles. The SMILES string of the molecule is CCOC(=O)c1ncc2[nH]c3cccc(OCc4ccc(C)cc4)c3c2c1COC. The number of aryl methyl sites for hydroxylation is 1. The number of H-pyrrole nitrogens is 1. The number of carbonyl (C=O) groups excluding carboxylic acids is 1. The van der Waals surface area contributed by atoms with Crippen molar-refractivity contribution in [2.24, 2.45) is 0 Å². The summed E-state index contributed by atoms with van der Waals surface area (Å²) >= 11 is 0. The lowest BCUT2D eigenvalue weighted by atomic mass is 10.0. The van der Waals surface area contributed by atoms with Gasteiger partial charge in [0, 0.05) is 23.4 Å². The lowest BCUT2D eigenvalue weighted by Crippen LogP contribution is -2.11. The number of pyridine rings is 1. The fourth-order valence-corrected chi connectivity index (χ4v) is 3.60. The molecule has 4 aromatic rings. The molecule has 30 heavy (non-hydrogen) atoms. The average molecular weight is 404 g/mol. The van der Waals surface area contributed by atoms with Gasteiger partial charge in [-0.05, 0) is 31.5 Å². The van der Waals surface area contributed by atoms with Crippen molar-refractivity contribution in [1.29, 1.82) is 0 Å². The third kappa shape index (κ3) is 3.74. The number of nitrogens with zero attached hydrogens (tertiary/aromatic N) is 1. The van der Waals surface area contributed by atoms with E-state index < -0.39 is 5.97 Å². The van der Waals surface area contributed by atoms with Gasteiger partial charge in [0.05, 0.1) is 30.4 Å². The van der Waals surface area contributed by atoms with Crippen LogP contribution in [0, 0.1) is 6.92 Å². The molecule has 0 bridgehead atoms. The molecule has 0 saturated carbocycles. The maximum absolute atomic E-state index is 12.5. The van der Waals surface area contributed by atoms with E-state index in [1.54, 1.807) is 20.2 Å². The van der Waals surface area contributed by atoms with Crippen LogP contribution in [0.4, 0.5) is 0 Å². The van der Waals surface area contributed by atoms with Crippen LogP contribution in [0.1, 0.15) is 34.1 Å². The number of rotatable bonds is 7. The minimum absolute atomic E-state index is 0.234. The first-order valence-corrected chi connectivity index (χ1v) is 9.89. The second kappa shape index (κ2) is 8.55. The number of methoxy groups -OCH3 is 1. The summed E-state index contributed by atoms with van der Waals surface area (Å²) in [6.45, 7) is 4.79. The van der Waals surface area contributed by atoms with Gasteiger partial charge in [-0.1, -0.05) is 35.9 Å². The van der Waals surface area contributed by atoms with Crippen molar-refractivity contribution in [2.75, 3.05) is 13.7 Å². The molecule has 6 heteroatoms. The van der Waals surface area contributed by atoms with Crippen LogP contribution >= 0.6 is 0 Å². The smallest absolute Gasteiger partial charge is 0.357 e. The van der Waals surface area contributed by atoms with Crippen molar-refractivity contribution in [3.8, 4) is 5.75 Å². The van der Waals surface area contributed by atoms with Crippen molar-refractivity contribution < 1.29 is 19.0 Å². The Balaban J connectivity index is 1.84. The summed E-state index contributed by atoms with van der Waals surface area (Å²) in [6.07, 6.45) is 1.66. The van der Waals surface area contributed by atoms with Crippen LogP contribution in [-0.4, -0.2) is 29.7 Å². The highest BCUT2D eigenvalue weighted by Gasteiger charge is 2.21. The maximum atomic E-state index is 12.5. The first-order chi connectivity index (χ1) is 14.6. The van der Waals surface area contributed by atoms with E-state index in [1.807, 2.05) is 18.2 Å². The molecule has 0 aliphatic carbocycles. The number of nitrogens with one attached hydrogen (secondary N) is 1. The summed E-state index contributed by atoms with van der Waals surface area (Å²) in [5.41, 5.74) is 4.97. The number of aromatic nitrogens is 2. The van der Waals surface area contributed by atoms with Crippen LogP contribution < -0.4 is 4.74 Å². The van der Waals surface area contributed by atoms with Gasteiger partial charge in [0.25, 0.3) is 0 Å². The third-order valence-corrected chi connectivity index (χ3v) is 5.00. The summed E-state index contributed by atoms with van der Waals surface area (Å²) in [5.74, 6) is 0.275. The molecule has 2 aromatic carbocycles. The quantitative estimate of drug-likeness (QED) is 0.442. The third-order valence-electron chi connectivity index (χ3n) is 5.00. The highest BCUT2D eigenvalue weighted by Crippen LogP contribution is 2.36. The Morgan fingerprint density at radius 3 is 2.57 bits per heavy atom. The molecule has 0 atom stereocenters. The van der Waals surface area contributed by atoms with Gasteiger partial charge in [-0.25, -0.2) is 9.78 Å². The molecule has 0 saturated heterocycles. The number of esters is 1. The average Bonchev–Trinajstić information content (AvgIpc) is 3.13. The Bertz CT molecular complexity index is 1200. The molecule has 0 fully saturated rings. The van der Waals surface area contributed by atoms with Crippen LogP contribution in [0.2, 0.25) is 0 Å². The van der Waals surface area contributed by atoms with Crippen LogP contribution in [0.5, 0.6) is 5.75 Å². The normalized spacial score (nSPS) is 11.2. The van der Waals surface area contributed by atoms with Crippen molar-refractivity contribution >= 4 is 27.8 Å². The molecule has 2 heterocycles. The fourth-order valence-electron chi connectivity index (χ4n) is 3.60. The fraction of sp³-hybridized carbons (Fsp3) is 0.250. The van der Waals surface area contributed by atoms with Gasteiger partial charge >= 0.3 is 5.97 Å². The molecule has 154 valence electrons. The summed E-state index contributed by atoms with van der Waals surface area (Å²) in [6, 6.07) is 14.1. The lowest BCUT2D eigenvalue weighted by molar-refractivity contribution is 0.0514. The van der Waals surface area contributed by atoms with Gasteiger partial charge < -0.3 is 19.2 Å². The van der Waals surface area contributed by atoms with Gasteiger partial charge in [-0.3, -0.25) is 0 Å². The molecule has 0 amide bonds. The van der Waals surface area contributed by atoms with Crippen LogP contribution in [0.25, 0.3) is 21.8 Å². The number of carbonyl (C=O) groups is 1. The first-order valence-electron chi connectivity index (χ1n) is 9.89. The summed E-state index contributed by atoms with van der Waals surface area (Å²) < 4.78 is 16.8. The van der Waals surface area contributed by atoms with E-state index in [9.17, 15) is 4.79 Å². The Morgan fingerprint density at radius 2 is 1.83 bits per heavy atom. The van der Waals surface area contributed by atoms with Crippen LogP contribution in [-0.2, 0) is 22.7 Å². The van der Waals surface area contributed by atoms with E-state index in [1.165, 1.54) is 5.56 Å². The minimum Gasteiger partial charge on any atom is -0.488 e. The van der Waals surface area contributed by atoms with Crippen LogP contribution in [0.15, 0.2) is 48.7 Å². The molecule has 0 spiro atoms. The second-order valence-electron chi connectivity index (χ2n) is 7.11. The zero-order valence-corrected chi connectivity index (χ0v) is 17.3. The molecule has 4 rings (SSSR count). The molecule has 0 radical (unpaired) electrons. The number of hydrogen-bond donors (Lipinski definition) is 1. The molecule has 0 unspecified atom stereocenters.